The summed E-state index contributed by atoms with van der Waals surface area (Å²) in [5.41, 5.74) is 4.88. The summed E-state index contributed by atoms with van der Waals surface area (Å²) in [7, 11) is 1.59. The van der Waals surface area contributed by atoms with Gasteiger partial charge in [-0.1, -0.05) is 19.9 Å². The van der Waals surface area contributed by atoms with Crippen LogP contribution in [0.5, 0.6) is 5.88 Å². The van der Waals surface area contributed by atoms with Gasteiger partial charge in [0.25, 0.3) is 5.91 Å². The van der Waals surface area contributed by atoms with Gasteiger partial charge in [0.2, 0.25) is 5.88 Å². The zero-order valence-electron chi connectivity index (χ0n) is 21.2. The Hall–Kier alpha value is -3.65. The fourth-order valence-electron chi connectivity index (χ4n) is 5.22. The molecule has 1 amide bonds. The number of nitrogens with zero attached hydrogens (tertiary/aromatic N) is 3. The fourth-order valence-corrected chi connectivity index (χ4v) is 5.22. The number of ether oxygens (including phenoxy) is 1. The van der Waals surface area contributed by atoms with Gasteiger partial charge in [0, 0.05) is 60.9 Å². The van der Waals surface area contributed by atoms with E-state index >= 15 is 0 Å². The molecule has 4 heterocycles. The Kier molecular flexibility index (Phi) is 6.78. The molecule has 1 fully saturated rings. The molecular weight excluding hydrogens is 452 g/mol. The third kappa shape index (κ3) is 5.14. The average molecular weight is 487 g/mol. The van der Waals surface area contributed by atoms with E-state index in [1.165, 1.54) is 24.1 Å². The Morgan fingerprint density at radius 2 is 2.08 bits per heavy atom. The Morgan fingerprint density at radius 1 is 1.19 bits per heavy atom. The quantitative estimate of drug-likeness (QED) is 0.440. The zero-order chi connectivity index (χ0) is 25.1. The number of hydrogen-bond acceptors (Lipinski definition) is 7. The van der Waals surface area contributed by atoms with Gasteiger partial charge in [-0.15, -0.1) is 0 Å². The van der Waals surface area contributed by atoms with Crippen LogP contribution in [0.25, 0.3) is 0 Å². The Morgan fingerprint density at radius 3 is 2.89 bits per heavy atom. The molecule has 188 valence electrons. The number of fused-ring (bicyclic) bond motifs is 1. The van der Waals surface area contributed by atoms with E-state index in [0.29, 0.717) is 29.8 Å². The second kappa shape index (κ2) is 10.1. The second-order valence-corrected chi connectivity index (χ2v) is 10.2. The maximum absolute atomic E-state index is 13.3. The number of benzene rings is 1. The number of carbonyl (C=O) groups excluding carboxylic acids is 1. The zero-order valence-corrected chi connectivity index (χ0v) is 21.2. The van der Waals surface area contributed by atoms with Gasteiger partial charge >= 0.3 is 0 Å². The van der Waals surface area contributed by atoms with Crippen molar-refractivity contribution in [2.45, 2.75) is 44.7 Å². The molecule has 8 heteroatoms. The van der Waals surface area contributed by atoms with Crippen LogP contribution in [-0.4, -0.2) is 48.7 Å². The third-order valence-corrected chi connectivity index (χ3v) is 7.04. The molecule has 1 saturated heterocycles. The number of rotatable bonds is 8. The largest absolute Gasteiger partial charge is 0.481 e. The monoisotopic (exact) mass is 486 g/mol. The van der Waals surface area contributed by atoms with Crippen molar-refractivity contribution in [3.8, 4) is 5.88 Å². The van der Waals surface area contributed by atoms with Crippen molar-refractivity contribution in [3.63, 3.8) is 0 Å². The van der Waals surface area contributed by atoms with Crippen molar-refractivity contribution in [2.24, 2.45) is 0 Å². The molecule has 2 aliphatic rings. The van der Waals surface area contributed by atoms with Crippen LogP contribution in [-0.2, 0) is 12.0 Å². The van der Waals surface area contributed by atoms with Gasteiger partial charge in [0.05, 0.1) is 12.7 Å². The number of anilines is 3. The number of aromatic nitrogens is 2. The smallest absolute Gasteiger partial charge is 0.259 e. The predicted octanol–water partition coefficient (Wildman–Crippen LogP) is 4.20. The van der Waals surface area contributed by atoms with Crippen LogP contribution in [0, 0.1) is 0 Å². The molecule has 2 aromatic heterocycles. The number of nitrogens with one attached hydrogen (secondary N) is 3. The molecule has 0 saturated carbocycles. The lowest BCUT2D eigenvalue weighted by atomic mass is 9.87. The van der Waals surface area contributed by atoms with Crippen LogP contribution in [0.4, 0.5) is 17.2 Å². The fraction of sp³-hybridized carbons (Fsp3) is 0.393. The number of methoxy groups -OCH3 is 1. The summed E-state index contributed by atoms with van der Waals surface area (Å²) in [4.78, 5) is 24.3. The van der Waals surface area contributed by atoms with E-state index in [0.717, 1.165) is 30.9 Å². The van der Waals surface area contributed by atoms with E-state index < -0.39 is 0 Å². The molecule has 0 unspecified atom stereocenters. The highest BCUT2D eigenvalue weighted by atomic mass is 16.5. The van der Waals surface area contributed by atoms with E-state index in [9.17, 15) is 4.79 Å². The first-order valence-corrected chi connectivity index (χ1v) is 12.5. The summed E-state index contributed by atoms with van der Waals surface area (Å²) in [6.45, 7) is 8.14. The van der Waals surface area contributed by atoms with E-state index in [-0.39, 0.29) is 11.3 Å². The molecule has 3 N–H and O–H groups in total. The van der Waals surface area contributed by atoms with Crippen LogP contribution in [0.3, 0.4) is 0 Å². The highest BCUT2D eigenvalue weighted by Gasteiger charge is 2.36. The normalized spacial score (nSPS) is 18.1. The Balaban J connectivity index is 1.31. The van der Waals surface area contributed by atoms with Crippen molar-refractivity contribution in [1.29, 1.82) is 0 Å². The molecule has 3 aromatic rings. The molecule has 2 aliphatic heterocycles. The predicted molar refractivity (Wildman–Crippen MR) is 143 cm³/mol. The maximum Gasteiger partial charge on any atom is 0.259 e. The van der Waals surface area contributed by atoms with Crippen molar-refractivity contribution >= 4 is 23.1 Å². The first kappa shape index (κ1) is 24.1. The minimum absolute atomic E-state index is 0.0759. The average Bonchev–Trinajstić information content (AvgIpc) is 3.48. The molecule has 36 heavy (non-hydrogen) atoms. The lowest BCUT2D eigenvalue weighted by Crippen LogP contribution is -2.38. The second-order valence-electron chi connectivity index (χ2n) is 10.2. The maximum atomic E-state index is 13.3. The Labute approximate surface area is 212 Å². The summed E-state index contributed by atoms with van der Waals surface area (Å²) < 4.78 is 5.20. The van der Waals surface area contributed by atoms with E-state index in [1.54, 1.807) is 31.6 Å². The SMILES string of the molecule is COc1cc(CNc2ncccc2C(=O)Nc2ccc3c(c2)N(C[C@@H]2CCCN2)CC3(C)C)ccn1. The standard InChI is InChI=1S/C28H34N6O2/c1-28(2)18-34(17-21-6-4-11-29-21)24-15-20(8-9-23(24)28)33-27(35)22-7-5-12-31-26(22)32-16-19-10-13-30-25(14-19)36-3/h5,7-10,12-15,21,29H,4,6,11,16-18H2,1-3H3,(H,31,32)(H,33,35)/t21-/m0/s1. The van der Waals surface area contributed by atoms with Gasteiger partial charge in [-0.3, -0.25) is 4.79 Å². The molecule has 0 radical (unpaired) electrons. The van der Waals surface area contributed by atoms with Crippen LogP contribution >= 0.6 is 0 Å². The first-order valence-electron chi connectivity index (χ1n) is 12.5. The van der Waals surface area contributed by atoms with E-state index in [2.05, 4.69) is 56.8 Å². The summed E-state index contributed by atoms with van der Waals surface area (Å²) in [6, 6.07) is 14.1. The molecule has 0 bridgehead atoms. The van der Waals surface area contributed by atoms with Crippen LogP contribution in [0.1, 0.15) is 48.2 Å². The highest BCUT2D eigenvalue weighted by Crippen LogP contribution is 2.42. The van der Waals surface area contributed by atoms with Crippen LogP contribution in [0.15, 0.2) is 54.9 Å². The first-order chi connectivity index (χ1) is 17.4. The summed E-state index contributed by atoms with van der Waals surface area (Å²) >= 11 is 0. The van der Waals surface area contributed by atoms with Crippen molar-refractivity contribution in [3.05, 3.63) is 71.5 Å². The van der Waals surface area contributed by atoms with Crippen molar-refractivity contribution in [1.82, 2.24) is 15.3 Å². The minimum atomic E-state index is -0.195. The van der Waals surface area contributed by atoms with Gasteiger partial charge in [-0.05, 0) is 60.8 Å². The van der Waals surface area contributed by atoms with Crippen molar-refractivity contribution in [2.75, 3.05) is 42.3 Å². The van der Waals surface area contributed by atoms with Crippen molar-refractivity contribution < 1.29 is 9.53 Å². The van der Waals surface area contributed by atoms with Crippen LogP contribution < -0.4 is 25.6 Å². The summed E-state index contributed by atoms with van der Waals surface area (Å²) in [5.74, 6) is 0.881. The number of carbonyl (C=O) groups is 1. The minimum Gasteiger partial charge on any atom is -0.481 e. The van der Waals surface area contributed by atoms with Gasteiger partial charge < -0.3 is 25.6 Å². The lowest BCUT2D eigenvalue weighted by molar-refractivity contribution is 0.102. The lowest BCUT2D eigenvalue weighted by Gasteiger charge is -2.25. The molecule has 1 aromatic carbocycles. The number of amides is 1. The van der Waals surface area contributed by atoms with Gasteiger partial charge in [-0.2, -0.15) is 0 Å². The molecule has 1 atom stereocenters. The van der Waals surface area contributed by atoms with E-state index in [4.69, 9.17) is 4.74 Å². The molecule has 0 aliphatic carbocycles. The topological polar surface area (TPSA) is 91.4 Å². The van der Waals surface area contributed by atoms with Crippen LogP contribution in [0.2, 0.25) is 0 Å². The summed E-state index contributed by atoms with van der Waals surface area (Å²) in [5, 5.41) is 9.98. The third-order valence-electron chi connectivity index (χ3n) is 7.04. The van der Waals surface area contributed by atoms with Gasteiger partial charge in [0.1, 0.15) is 5.82 Å². The van der Waals surface area contributed by atoms with E-state index in [1.807, 2.05) is 18.2 Å². The van der Waals surface area contributed by atoms with Gasteiger partial charge in [-0.25, -0.2) is 9.97 Å². The molecule has 5 rings (SSSR count). The number of hydrogen-bond donors (Lipinski definition) is 3. The number of pyridine rings is 2. The molecule has 0 spiro atoms. The Bertz CT molecular complexity index is 1240. The summed E-state index contributed by atoms with van der Waals surface area (Å²) in [6.07, 6.45) is 5.83. The molecular formula is C28H34N6O2. The highest BCUT2D eigenvalue weighted by molar-refractivity contribution is 6.07. The molecule has 8 nitrogen and oxygen atoms in total. The van der Waals surface area contributed by atoms with Gasteiger partial charge in [0.15, 0.2) is 0 Å².